The fraction of sp³-hybridized carbons (Fsp3) is 0.511. The van der Waals surface area contributed by atoms with Gasteiger partial charge in [0, 0.05) is 55.3 Å². The van der Waals surface area contributed by atoms with Crippen LogP contribution >= 0.6 is 0 Å². The van der Waals surface area contributed by atoms with E-state index in [2.05, 4.69) is 32.2 Å². The first-order valence-electron chi connectivity index (χ1n) is 20.9. The molecule has 0 unspecified atom stereocenters. The Bertz CT molecular complexity index is 2040. The van der Waals surface area contributed by atoms with Crippen molar-refractivity contribution in [2.45, 2.75) is 108 Å². The van der Waals surface area contributed by atoms with Gasteiger partial charge >= 0.3 is 0 Å². The molecule has 5 heterocycles. The van der Waals surface area contributed by atoms with E-state index in [1.54, 1.807) is 12.0 Å². The second-order valence-electron chi connectivity index (χ2n) is 17.2. The van der Waals surface area contributed by atoms with Crippen molar-refractivity contribution in [1.82, 2.24) is 4.90 Å². The van der Waals surface area contributed by atoms with Crippen LogP contribution in [0.15, 0.2) is 66.7 Å². The molecule has 0 aliphatic carbocycles. The summed E-state index contributed by atoms with van der Waals surface area (Å²) in [6.45, 7) is 8.78. The van der Waals surface area contributed by atoms with Crippen LogP contribution in [0, 0.1) is 5.92 Å². The highest BCUT2D eigenvalue weighted by Crippen LogP contribution is 2.60. The van der Waals surface area contributed by atoms with Crippen molar-refractivity contribution >= 4 is 54.0 Å². The summed E-state index contributed by atoms with van der Waals surface area (Å²) in [6.07, 6.45) is 5.73. The number of likely N-dealkylation sites (tertiary alicyclic amines) is 1. The number of amides is 4. The Hall–Kier alpha value is -4.52. The average Bonchev–Trinajstić information content (AvgIpc) is 3.88. The highest BCUT2D eigenvalue weighted by Gasteiger charge is 2.66. The van der Waals surface area contributed by atoms with Crippen molar-refractivity contribution in [3.05, 3.63) is 77.9 Å². The number of piperidine rings is 2. The van der Waals surface area contributed by atoms with Crippen molar-refractivity contribution in [3.8, 4) is 5.75 Å². The van der Waals surface area contributed by atoms with E-state index >= 15 is 4.79 Å². The lowest BCUT2D eigenvalue weighted by Gasteiger charge is -2.37. The molecule has 57 heavy (non-hydrogen) atoms. The molecule has 12 heteroatoms. The lowest BCUT2D eigenvalue weighted by Crippen LogP contribution is -2.52. The van der Waals surface area contributed by atoms with Gasteiger partial charge in [0.2, 0.25) is 17.7 Å². The van der Waals surface area contributed by atoms with Crippen LogP contribution in [0.25, 0.3) is 0 Å². The van der Waals surface area contributed by atoms with Crippen molar-refractivity contribution in [2.75, 3.05) is 48.1 Å². The molecule has 0 radical (unpaired) electrons. The van der Waals surface area contributed by atoms with Crippen LogP contribution in [0.3, 0.4) is 0 Å². The highest BCUT2D eigenvalue weighted by atomic mass is 28.3. The summed E-state index contributed by atoms with van der Waals surface area (Å²) in [4.78, 5) is 63.3. The quantitative estimate of drug-likeness (QED) is 0.256. The third-order valence-corrected chi connectivity index (χ3v) is 18.0. The number of hydrogen-bond donors (Lipinski definition) is 1. The number of fused-ring (bicyclic) bond motifs is 2. The standard InChI is InChI=1S/C45H56N4O7Si/c1-30-43(57(3,4)36-19-17-35(55-2)18-20-36)39(27-42(53)48-24-10-13-34(48)29-50)56-45(30)37-26-33(47-23-8-6-15-41(47)52)16-21-38(37)49(44(45)54)28-31-11-9-12-32(25-31)46-22-7-5-14-40(46)51/h9,11-12,16-21,25-26,30,34,39,43,50H,5-8,10,13-15,22-24,27-29H2,1-4H3/t30-,34-,39+,43-,45+/m0/s1. The fourth-order valence-electron chi connectivity index (χ4n) is 10.6. The van der Waals surface area contributed by atoms with E-state index in [4.69, 9.17) is 9.47 Å². The Labute approximate surface area is 336 Å². The van der Waals surface area contributed by atoms with Gasteiger partial charge in [-0.2, -0.15) is 0 Å². The Morgan fingerprint density at radius 1 is 0.877 bits per heavy atom. The van der Waals surface area contributed by atoms with Gasteiger partial charge in [0.25, 0.3) is 5.91 Å². The summed E-state index contributed by atoms with van der Waals surface area (Å²) >= 11 is 0. The number of benzene rings is 3. The summed E-state index contributed by atoms with van der Waals surface area (Å²) < 4.78 is 12.9. The summed E-state index contributed by atoms with van der Waals surface area (Å²) in [5.74, 6) is 0.356. The summed E-state index contributed by atoms with van der Waals surface area (Å²) in [5, 5.41) is 11.3. The smallest absolute Gasteiger partial charge is 0.264 e. The van der Waals surface area contributed by atoms with Gasteiger partial charge in [-0.3, -0.25) is 19.2 Å². The summed E-state index contributed by atoms with van der Waals surface area (Å²) in [7, 11) is -0.893. The Balaban J connectivity index is 1.23. The molecule has 1 spiro atoms. The van der Waals surface area contributed by atoms with Gasteiger partial charge in [0.1, 0.15) is 5.75 Å². The second-order valence-corrected chi connectivity index (χ2v) is 21.9. The van der Waals surface area contributed by atoms with E-state index in [0.717, 1.165) is 72.5 Å². The Morgan fingerprint density at radius 3 is 2.21 bits per heavy atom. The third-order valence-electron chi connectivity index (χ3n) is 13.6. The molecular formula is C45H56N4O7Si. The number of anilines is 3. The molecular weight excluding hydrogens is 737 g/mol. The van der Waals surface area contributed by atoms with Gasteiger partial charge in [0.05, 0.1) is 52.6 Å². The van der Waals surface area contributed by atoms with Gasteiger partial charge in [-0.1, -0.05) is 49.5 Å². The first-order valence-corrected chi connectivity index (χ1v) is 23.9. The van der Waals surface area contributed by atoms with E-state index < -0.39 is 19.8 Å². The molecule has 5 atom stereocenters. The molecule has 0 bridgehead atoms. The number of methoxy groups -OCH3 is 1. The largest absolute Gasteiger partial charge is 0.497 e. The number of aliphatic hydroxyl groups excluding tert-OH is 1. The maximum atomic E-state index is 15.6. The molecule has 0 saturated carbocycles. The minimum absolute atomic E-state index is 0.0652. The number of ether oxygens (including phenoxy) is 2. The normalized spacial score (nSPS) is 26.5. The molecule has 5 aliphatic heterocycles. The first-order chi connectivity index (χ1) is 27.5. The van der Waals surface area contributed by atoms with Gasteiger partial charge < -0.3 is 34.2 Å². The van der Waals surface area contributed by atoms with Crippen molar-refractivity contribution in [2.24, 2.45) is 5.92 Å². The number of carbonyl (C=O) groups is 4. The van der Waals surface area contributed by atoms with Gasteiger partial charge in [-0.15, -0.1) is 0 Å². The number of rotatable bonds is 10. The Morgan fingerprint density at radius 2 is 1.56 bits per heavy atom. The van der Waals surface area contributed by atoms with Gasteiger partial charge in [0.15, 0.2) is 5.60 Å². The zero-order valence-corrected chi connectivity index (χ0v) is 34.7. The fourth-order valence-corrected chi connectivity index (χ4v) is 14.6. The van der Waals surface area contributed by atoms with Crippen molar-refractivity contribution in [3.63, 3.8) is 0 Å². The summed E-state index contributed by atoms with van der Waals surface area (Å²) in [5.41, 5.74) is 2.36. The predicted molar refractivity (Wildman–Crippen MR) is 222 cm³/mol. The highest BCUT2D eigenvalue weighted by molar-refractivity contribution is 6.91. The van der Waals surface area contributed by atoms with Crippen LogP contribution < -0.4 is 24.6 Å². The van der Waals surface area contributed by atoms with Crippen LogP contribution in [0.1, 0.15) is 75.8 Å². The molecule has 302 valence electrons. The molecule has 4 amide bonds. The maximum Gasteiger partial charge on any atom is 0.264 e. The van der Waals surface area contributed by atoms with E-state index in [0.29, 0.717) is 32.5 Å². The van der Waals surface area contributed by atoms with Crippen LogP contribution in [-0.4, -0.2) is 87.2 Å². The monoisotopic (exact) mass is 792 g/mol. The topological polar surface area (TPSA) is 120 Å². The van der Waals surface area contributed by atoms with Crippen LogP contribution in [0.4, 0.5) is 17.1 Å². The SMILES string of the molecule is COc1ccc([Si](C)(C)[C@@H]2[C@@H](CC(=O)N3CCC[C@H]3CO)O[C@]3(C(=O)N(Cc4cccc(N5CCCCC5=O)c4)c4ccc(N5CCCCC5=O)cc43)[C@H]2C)cc1. The third kappa shape index (κ3) is 6.87. The van der Waals surface area contributed by atoms with E-state index in [1.807, 2.05) is 69.3 Å². The first kappa shape index (κ1) is 39.3. The lowest BCUT2D eigenvalue weighted by atomic mass is 9.82. The molecule has 0 aromatic heterocycles. The second kappa shape index (κ2) is 15.7. The Kier molecular flexibility index (Phi) is 10.8. The van der Waals surface area contributed by atoms with Crippen molar-refractivity contribution < 1.29 is 33.8 Å². The van der Waals surface area contributed by atoms with Crippen molar-refractivity contribution in [1.29, 1.82) is 0 Å². The number of carbonyl (C=O) groups excluding carboxylic acids is 4. The molecule has 4 fully saturated rings. The minimum atomic E-state index is -2.54. The molecule has 4 saturated heterocycles. The molecule has 3 aromatic rings. The van der Waals surface area contributed by atoms with E-state index in [1.165, 1.54) is 5.19 Å². The molecule has 1 N–H and O–H groups in total. The zero-order valence-electron chi connectivity index (χ0n) is 33.7. The van der Waals surface area contributed by atoms with Crippen LogP contribution in [0.5, 0.6) is 5.75 Å². The average molecular weight is 793 g/mol. The van der Waals surface area contributed by atoms with E-state index in [-0.39, 0.29) is 60.7 Å². The number of nitrogens with zero attached hydrogens (tertiary/aromatic N) is 4. The van der Waals surface area contributed by atoms with Gasteiger partial charge in [-0.25, -0.2) is 0 Å². The van der Waals surface area contributed by atoms with Gasteiger partial charge in [-0.05, 0) is 92.1 Å². The summed E-state index contributed by atoms with van der Waals surface area (Å²) in [6, 6.07) is 21.8. The maximum absolute atomic E-state index is 15.6. The molecule has 3 aromatic carbocycles. The number of hydrogen-bond acceptors (Lipinski definition) is 7. The zero-order chi connectivity index (χ0) is 40.1. The van der Waals surface area contributed by atoms with E-state index in [9.17, 15) is 19.5 Å². The molecule has 8 rings (SSSR count). The van der Waals surface area contributed by atoms with Crippen LogP contribution in [0.2, 0.25) is 18.6 Å². The predicted octanol–water partition coefficient (Wildman–Crippen LogP) is 5.87. The lowest BCUT2D eigenvalue weighted by molar-refractivity contribution is -0.150. The minimum Gasteiger partial charge on any atom is -0.497 e. The number of aliphatic hydroxyl groups is 1. The molecule has 11 nitrogen and oxygen atoms in total. The van der Waals surface area contributed by atoms with Crippen LogP contribution in [-0.2, 0) is 36.1 Å². The molecule has 5 aliphatic rings.